The lowest BCUT2D eigenvalue weighted by Crippen LogP contribution is -2.24. The van der Waals surface area contributed by atoms with E-state index in [9.17, 15) is 9.59 Å². The number of hydrogen-bond acceptors (Lipinski definition) is 6. The molecule has 3 aromatic rings. The topological polar surface area (TPSA) is 98.2 Å². The third-order valence-corrected chi connectivity index (χ3v) is 4.61. The summed E-state index contributed by atoms with van der Waals surface area (Å²) in [5, 5.41) is 6.58. The van der Waals surface area contributed by atoms with Crippen molar-refractivity contribution >= 4 is 23.7 Å². The molecule has 0 aliphatic rings. The lowest BCUT2D eigenvalue weighted by atomic mass is 10.2. The van der Waals surface area contributed by atoms with Gasteiger partial charge in [-0.2, -0.15) is 5.10 Å². The second-order valence-corrected chi connectivity index (χ2v) is 7.13. The van der Waals surface area contributed by atoms with E-state index in [-0.39, 0.29) is 6.42 Å². The lowest BCUT2D eigenvalue weighted by Gasteiger charge is -2.12. The Kier molecular flexibility index (Phi) is 9.04. The Labute approximate surface area is 198 Å². The van der Waals surface area contributed by atoms with Crippen LogP contribution >= 0.6 is 0 Å². The van der Waals surface area contributed by atoms with E-state index in [1.807, 2.05) is 37.3 Å². The van der Waals surface area contributed by atoms with E-state index in [1.165, 1.54) is 13.3 Å². The average Bonchev–Trinajstić information content (AvgIpc) is 2.84. The Morgan fingerprint density at radius 2 is 1.65 bits per heavy atom. The molecule has 176 valence electrons. The quantitative estimate of drug-likeness (QED) is 0.254. The van der Waals surface area contributed by atoms with Crippen LogP contribution in [-0.4, -0.2) is 31.7 Å². The van der Waals surface area contributed by atoms with Gasteiger partial charge in [-0.3, -0.25) is 9.59 Å². The molecule has 8 nitrogen and oxygen atoms in total. The van der Waals surface area contributed by atoms with Crippen LogP contribution in [0.4, 0.5) is 5.69 Å². The number of hydrogen-bond donors (Lipinski definition) is 2. The fourth-order valence-electron chi connectivity index (χ4n) is 3.03. The van der Waals surface area contributed by atoms with Gasteiger partial charge in [0.1, 0.15) is 18.8 Å². The number of para-hydroxylation sites is 2. The van der Waals surface area contributed by atoms with Gasteiger partial charge in [-0.1, -0.05) is 42.5 Å². The van der Waals surface area contributed by atoms with Gasteiger partial charge in [-0.25, -0.2) is 5.43 Å². The number of ether oxygens (including phenoxy) is 3. The lowest BCUT2D eigenvalue weighted by molar-refractivity contribution is -0.126. The van der Waals surface area contributed by atoms with Crippen molar-refractivity contribution in [1.82, 2.24) is 5.43 Å². The van der Waals surface area contributed by atoms with Crippen molar-refractivity contribution in [3.05, 3.63) is 83.9 Å². The van der Waals surface area contributed by atoms with E-state index in [4.69, 9.17) is 14.2 Å². The molecule has 2 N–H and O–H groups in total. The number of nitrogens with zero attached hydrogens (tertiary/aromatic N) is 1. The average molecular weight is 462 g/mol. The third kappa shape index (κ3) is 7.37. The summed E-state index contributed by atoms with van der Waals surface area (Å²) >= 11 is 0. The Morgan fingerprint density at radius 1 is 0.882 bits per heavy atom. The van der Waals surface area contributed by atoms with Crippen LogP contribution in [0.5, 0.6) is 17.2 Å². The van der Waals surface area contributed by atoms with Crippen LogP contribution in [0.1, 0.15) is 24.5 Å². The number of nitrogens with one attached hydrogen (secondary N) is 2. The molecule has 0 atom stereocenters. The van der Waals surface area contributed by atoms with Gasteiger partial charge < -0.3 is 19.5 Å². The number of hydrazone groups is 1. The van der Waals surface area contributed by atoms with Crippen molar-refractivity contribution in [2.24, 2.45) is 5.10 Å². The van der Waals surface area contributed by atoms with Crippen LogP contribution in [0, 0.1) is 0 Å². The number of rotatable bonds is 11. The molecule has 0 unspecified atom stereocenters. The second-order valence-electron chi connectivity index (χ2n) is 7.13. The maximum absolute atomic E-state index is 12.1. The number of benzene rings is 3. The number of amides is 2. The highest BCUT2D eigenvalue weighted by molar-refractivity contribution is 6.04. The van der Waals surface area contributed by atoms with E-state index in [0.717, 1.165) is 5.56 Å². The molecule has 0 aliphatic carbocycles. The minimum Gasteiger partial charge on any atom is -0.495 e. The highest BCUT2D eigenvalue weighted by Crippen LogP contribution is 2.29. The van der Waals surface area contributed by atoms with Crippen molar-refractivity contribution < 1.29 is 23.8 Å². The minimum atomic E-state index is -0.545. The monoisotopic (exact) mass is 461 g/mol. The number of carbonyl (C=O) groups is 2. The van der Waals surface area contributed by atoms with E-state index in [0.29, 0.717) is 41.7 Å². The van der Waals surface area contributed by atoms with E-state index < -0.39 is 11.8 Å². The first-order valence-corrected chi connectivity index (χ1v) is 10.8. The molecule has 2 amide bonds. The van der Waals surface area contributed by atoms with Gasteiger partial charge in [0.2, 0.25) is 11.8 Å². The summed E-state index contributed by atoms with van der Waals surface area (Å²) < 4.78 is 16.8. The second kappa shape index (κ2) is 12.6. The molecular formula is C26H27N3O5. The van der Waals surface area contributed by atoms with Gasteiger partial charge in [0, 0.05) is 0 Å². The van der Waals surface area contributed by atoms with Gasteiger partial charge in [-0.15, -0.1) is 0 Å². The normalized spacial score (nSPS) is 10.5. The van der Waals surface area contributed by atoms with Gasteiger partial charge in [0.05, 0.1) is 25.6 Å². The molecule has 0 aromatic heterocycles. The molecule has 34 heavy (non-hydrogen) atoms. The van der Waals surface area contributed by atoms with Crippen LogP contribution in [-0.2, 0) is 16.2 Å². The fourth-order valence-corrected chi connectivity index (χ4v) is 3.03. The van der Waals surface area contributed by atoms with Crippen molar-refractivity contribution in [2.75, 3.05) is 19.0 Å². The molecular weight excluding hydrogens is 434 g/mol. The van der Waals surface area contributed by atoms with Gasteiger partial charge >= 0.3 is 0 Å². The van der Waals surface area contributed by atoms with E-state index in [1.54, 1.807) is 42.5 Å². The summed E-state index contributed by atoms with van der Waals surface area (Å²) in [5.41, 5.74) is 4.60. The summed E-state index contributed by atoms with van der Waals surface area (Å²) in [6.45, 7) is 2.78. The first kappa shape index (κ1) is 24.3. The zero-order valence-corrected chi connectivity index (χ0v) is 19.1. The molecule has 0 bridgehead atoms. The van der Waals surface area contributed by atoms with Crippen LogP contribution in [0.25, 0.3) is 0 Å². The van der Waals surface area contributed by atoms with E-state index in [2.05, 4.69) is 15.8 Å². The Hall–Kier alpha value is -4.33. The van der Waals surface area contributed by atoms with Gasteiger partial charge in [0.15, 0.2) is 11.5 Å². The van der Waals surface area contributed by atoms with Gasteiger partial charge in [-0.05, 0) is 48.4 Å². The number of methoxy groups -OCH3 is 1. The molecule has 0 radical (unpaired) electrons. The molecule has 3 rings (SSSR count). The van der Waals surface area contributed by atoms with Crippen molar-refractivity contribution in [3.8, 4) is 17.2 Å². The van der Waals surface area contributed by atoms with Crippen LogP contribution < -0.4 is 25.0 Å². The molecule has 0 saturated heterocycles. The van der Waals surface area contributed by atoms with Crippen molar-refractivity contribution in [3.63, 3.8) is 0 Å². The molecule has 0 aliphatic heterocycles. The summed E-state index contributed by atoms with van der Waals surface area (Å²) in [6.07, 6.45) is 1.09. The Bertz CT molecular complexity index is 1130. The molecule has 0 heterocycles. The van der Waals surface area contributed by atoms with E-state index >= 15 is 0 Å². The Balaban J connectivity index is 1.54. The Morgan fingerprint density at radius 3 is 2.41 bits per heavy atom. The minimum absolute atomic E-state index is 0.383. The summed E-state index contributed by atoms with van der Waals surface area (Å²) in [5.74, 6) is 0.674. The summed E-state index contributed by atoms with van der Waals surface area (Å²) in [7, 11) is 1.51. The zero-order chi connectivity index (χ0) is 24.2. The SMILES string of the molecule is CCOc1cc(C=NNC(=O)CC(=O)Nc2ccccc2OC)ccc1OCc1ccccc1. The maximum Gasteiger partial charge on any atom is 0.249 e. The number of anilines is 1. The predicted octanol–water partition coefficient (Wildman–Crippen LogP) is 4.15. The first-order chi connectivity index (χ1) is 16.6. The molecule has 8 heteroatoms. The summed E-state index contributed by atoms with van der Waals surface area (Å²) in [6, 6.07) is 22.2. The predicted molar refractivity (Wildman–Crippen MR) is 130 cm³/mol. The van der Waals surface area contributed by atoms with Crippen molar-refractivity contribution in [2.45, 2.75) is 20.0 Å². The highest BCUT2D eigenvalue weighted by Gasteiger charge is 2.11. The highest BCUT2D eigenvalue weighted by atomic mass is 16.5. The maximum atomic E-state index is 12.1. The van der Waals surface area contributed by atoms with Crippen LogP contribution in [0.3, 0.4) is 0 Å². The first-order valence-electron chi connectivity index (χ1n) is 10.8. The molecule has 0 spiro atoms. The number of carbonyl (C=O) groups excluding carboxylic acids is 2. The van der Waals surface area contributed by atoms with Crippen LogP contribution in [0.2, 0.25) is 0 Å². The largest absolute Gasteiger partial charge is 0.495 e. The van der Waals surface area contributed by atoms with Gasteiger partial charge in [0.25, 0.3) is 0 Å². The zero-order valence-electron chi connectivity index (χ0n) is 19.1. The van der Waals surface area contributed by atoms with Crippen LogP contribution in [0.15, 0.2) is 77.9 Å². The van der Waals surface area contributed by atoms with Crippen molar-refractivity contribution in [1.29, 1.82) is 0 Å². The fraction of sp³-hybridized carbons (Fsp3) is 0.192. The standard InChI is InChI=1S/C26H27N3O5/c1-3-33-24-15-20(13-14-23(24)34-18-19-9-5-4-6-10-19)17-27-29-26(31)16-25(30)28-21-11-7-8-12-22(21)32-2/h4-15,17H,3,16,18H2,1-2H3,(H,28,30)(H,29,31). The molecule has 0 fully saturated rings. The summed E-state index contributed by atoms with van der Waals surface area (Å²) in [4.78, 5) is 24.2. The molecule has 3 aromatic carbocycles. The smallest absolute Gasteiger partial charge is 0.249 e. The molecule has 0 saturated carbocycles. The third-order valence-electron chi connectivity index (χ3n) is 4.61.